The Morgan fingerprint density at radius 1 is 1.23 bits per heavy atom. The summed E-state index contributed by atoms with van der Waals surface area (Å²) in [5.74, 6) is 1.52. The van der Waals surface area contributed by atoms with E-state index in [0.717, 1.165) is 11.3 Å². The van der Waals surface area contributed by atoms with E-state index in [4.69, 9.17) is 9.15 Å². The number of nitrogens with zero attached hydrogens (tertiary/aromatic N) is 4. The Morgan fingerprint density at radius 2 is 1.92 bits per heavy atom. The molecule has 3 aromatic rings. The third-order valence-corrected chi connectivity index (χ3v) is 5.01. The molecule has 0 bridgehead atoms. The molecule has 26 heavy (non-hydrogen) atoms. The van der Waals surface area contributed by atoms with Gasteiger partial charge in [-0.05, 0) is 47.5 Å². The van der Waals surface area contributed by atoms with Gasteiger partial charge in [0.25, 0.3) is 6.43 Å². The van der Waals surface area contributed by atoms with Crippen LogP contribution in [0.4, 0.5) is 8.78 Å². The monoisotopic (exact) mass is 426 g/mol. The molecule has 0 aliphatic rings. The lowest BCUT2D eigenvalue weighted by molar-refractivity contribution is 0.144. The molecule has 1 atom stereocenters. The smallest absolute Gasteiger partial charge is 0.283 e. The number of alkyl halides is 2. The van der Waals surface area contributed by atoms with Crippen molar-refractivity contribution in [2.45, 2.75) is 32.7 Å². The second-order valence-electron chi connectivity index (χ2n) is 5.76. The highest BCUT2D eigenvalue weighted by molar-refractivity contribution is 9.10. The van der Waals surface area contributed by atoms with Gasteiger partial charge in [-0.15, -0.1) is 10.2 Å². The highest BCUT2D eigenvalue weighted by atomic mass is 79.9. The molecule has 0 amide bonds. The van der Waals surface area contributed by atoms with Gasteiger partial charge in [-0.1, -0.05) is 12.1 Å². The maximum atomic E-state index is 13.0. The predicted molar refractivity (Wildman–Crippen MR) is 93.5 cm³/mol. The molecule has 6 nitrogen and oxygen atoms in total. The number of halogens is 3. The van der Waals surface area contributed by atoms with Crippen LogP contribution >= 0.6 is 15.9 Å². The van der Waals surface area contributed by atoms with E-state index >= 15 is 0 Å². The summed E-state index contributed by atoms with van der Waals surface area (Å²) < 4.78 is 38.6. The molecule has 0 fully saturated rings. The van der Waals surface area contributed by atoms with Gasteiger partial charge >= 0.3 is 0 Å². The molecule has 2 aromatic heterocycles. The van der Waals surface area contributed by atoms with E-state index in [0.29, 0.717) is 23.9 Å². The van der Waals surface area contributed by atoms with Gasteiger partial charge in [0.2, 0.25) is 11.8 Å². The second-order valence-corrected chi connectivity index (χ2v) is 6.56. The van der Waals surface area contributed by atoms with Crippen molar-refractivity contribution >= 4 is 15.9 Å². The van der Waals surface area contributed by atoms with Crippen molar-refractivity contribution in [3.63, 3.8) is 0 Å². The standard InChI is InChI=1S/C17H17BrF2N4O2/c1-9-14(18)15(16(19)20)23-24(9)10(2)17-22-21-13(26-17)8-11-4-6-12(25-3)7-5-11/h4-7,10,16H,8H2,1-3H3/t10-/m1/s1. The van der Waals surface area contributed by atoms with Crippen LogP contribution in [0, 0.1) is 6.92 Å². The van der Waals surface area contributed by atoms with Gasteiger partial charge in [-0.2, -0.15) is 5.10 Å². The van der Waals surface area contributed by atoms with Gasteiger partial charge in [0, 0.05) is 0 Å². The summed E-state index contributed by atoms with van der Waals surface area (Å²) in [5, 5.41) is 12.1. The molecule has 2 heterocycles. The average molecular weight is 427 g/mol. The zero-order valence-corrected chi connectivity index (χ0v) is 16.0. The first-order valence-corrected chi connectivity index (χ1v) is 8.67. The van der Waals surface area contributed by atoms with Gasteiger partial charge in [0.15, 0.2) is 0 Å². The Hall–Kier alpha value is -2.29. The normalized spacial score (nSPS) is 12.6. The van der Waals surface area contributed by atoms with Crippen LogP contribution in [0.25, 0.3) is 0 Å². The van der Waals surface area contributed by atoms with Gasteiger partial charge in [0.05, 0.1) is 23.7 Å². The summed E-state index contributed by atoms with van der Waals surface area (Å²) in [5.41, 5.74) is 1.27. The first kappa shape index (κ1) is 18.5. The molecule has 138 valence electrons. The van der Waals surface area contributed by atoms with E-state index in [9.17, 15) is 8.78 Å². The first-order valence-electron chi connectivity index (χ1n) is 7.88. The van der Waals surface area contributed by atoms with Gasteiger partial charge in [0.1, 0.15) is 17.5 Å². The lowest BCUT2D eigenvalue weighted by atomic mass is 10.1. The van der Waals surface area contributed by atoms with E-state index in [1.54, 1.807) is 21.0 Å². The van der Waals surface area contributed by atoms with Crippen molar-refractivity contribution in [3.8, 4) is 5.75 Å². The van der Waals surface area contributed by atoms with E-state index in [-0.39, 0.29) is 10.2 Å². The molecule has 0 N–H and O–H groups in total. The lowest BCUT2D eigenvalue weighted by Gasteiger charge is -2.09. The third kappa shape index (κ3) is 3.62. The van der Waals surface area contributed by atoms with Crippen LogP contribution in [-0.4, -0.2) is 27.1 Å². The largest absolute Gasteiger partial charge is 0.497 e. The van der Waals surface area contributed by atoms with Crippen LogP contribution in [-0.2, 0) is 6.42 Å². The topological polar surface area (TPSA) is 66.0 Å². The molecular formula is C17H17BrF2N4O2. The fraction of sp³-hybridized carbons (Fsp3) is 0.353. The summed E-state index contributed by atoms with van der Waals surface area (Å²) in [6.07, 6.45) is -2.20. The van der Waals surface area contributed by atoms with Crippen molar-refractivity contribution < 1.29 is 17.9 Å². The average Bonchev–Trinajstić information content (AvgIpc) is 3.21. The van der Waals surface area contributed by atoms with Crippen LogP contribution in [0.5, 0.6) is 5.75 Å². The summed E-state index contributed by atoms with van der Waals surface area (Å²) in [6.45, 7) is 3.47. The Kier molecular flexibility index (Phi) is 5.36. The number of hydrogen-bond acceptors (Lipinski definition) is 5. The van der Waals surface area contributed by atoms with Gasteiger partial charge in [-0.3, -0.25) is 4.68 Å². The predicted octanol–water partition coefficient (Wildman–Crippen LogP) is 4.48. The number of ether oxygens (including phenoxy) is 1. The van der Waals surface area contributed by atoms with E-state index in [1.165, 1.54) is 4.68 Å². The van der Waals surface area contributed by atoms with Crippen molar-refractivity contribution in [2.24, 2.45) is 0 Å². The molecule has 0 unspecified atom stereocenters. The Morgan fingerprint density at radius 3 is 2.50 bits per heavy atom. The minimum absolute atomic E-state index is 0.289. The second kappa shape index (κ2) is 7.53. The van der Waals surface area contributed by atoms with Crippen molar-refractivity contribution in [1.82, 2.24) is 20.0 Å². The molecule has 1 aromatic carbocycles. The molecule has 0 saturated carbocycles. The highest BCUT2D eigenvalue weighted by Crippen LogP contribution is 2.31. The molecule has 0 aliphatic heterocycles. The zero-order chi connectivity index (χ0) is 18.8. The highest BCUT2D eigenvalue weighted by Gasteiger charge is 2.25. The van der Waals surface area contributed by atoms with Crippen molar-refractivity contribution in [2.75, 3.05) is 7.11 Å². The maximum Gasteiger partial charge on any atom is 0.283 e. The minimum Gasteiger partial charge on any atom is -0.497 e. The molecule has 0 saturated heterocycles. The van der Waals surface area contributed by atoms with Gasteiger partial charge < -0.3 is 9.15 Å². The summed E-state index contributed by atoms with van der Waals surface area (Å²) in [6, 6.07) is 7.07. The molecule has 0 spiro atoms. The van der Waals surface area contributed by atoms with Crippen molar-refractivity contribution in [3.05, 3.63) is 57.5 Å². The van der Waals surface area contributed by atoms with E-state index in [1.807, 2.05) is 24.3 Å². The van der Waals surface area contributed by atoms with Crippen LogP contribution in [0.1, 0.15) is 48.1 Å². The molecule has 9 heteroatoms. The lowest BCUT2D eigenvalue weighted by Crippen LogP contribution is -2.11. The molecule has 0 radical (unpaired) electrons. The fourth-order valence-corrected chi connectivity index (χ4v) is 3.00. The van der Waals surface area contributed by atoms with Crippen LogP contribution in [0.3, 0.4) is 0 Å². The fourth-order valence-electron chi connectivity index (χ4n) is 2.57. The summed E-state index contributed by atoms with van der Waals surface area (Å²) >= 11 is 3.16. The number of methoxy groups -OCH3 is 1. The Bertz CT molecular complexity index is 893. The summed E-state index contributed by atoms with van der Waals surface area (Å²) in [4.78, 5) is 0. The minimum atomic E-state index is -2.66. The van der Waals surface area contributed by atoms with Gasteiger partial charge in [-0.25, -0.2) is 8.78 Å². The number of hydrogen-bond donors (Lipinski definition) is 0. The maximum absolute atomic E-state index is 13.0. The van der Waals surface area contributed by atoms with E-state index in [2.05, 4.69) is 31.2 Å². The quantitative estimate of drug-likeness (QED) is 0.580. The summed E-state index contributed by atoms with van der Waals surface area (Å²) in [7, 11) is 1.61. The number of benzene rings is 1. The molecule has 0 aliphatic carbocycles. The first-order chi connectivity index (χ1) is 12.4. The van der Waals surface area contributed by atoms with Crippen LogP contribution < -0.4 is 4.74 Å². The van der Waals surface area contributed by atoms with Crippen LogP contribution in [0.2, 0.25) is 0 Å². The SMILES string of the molecule is COc1ccc(Cc2nnc([C@@H](C)n3nc(C(F)F)c(Br)c3C)o2)cc1. The van der Waals surface area contributed by atoms with E-state index < -0.39 is 12.5 Å². The number of rotatable bonds is 6. The molecular weight excluding hydrogens is 410 g/mol. The van der Waals surface area contributed by atoms with Crippen molar-refractivity contribution in [1.29, 1.82) is 0 Å². The Balaban J connectivity index is 1.79. The number of aromatic nitrogens is 4. The third-order valence-electron chi connectivity index (χ3n) is 4.03. The zero-order valence-electron chi connectivity index (χ0n) is 14.4. The Labute approximate surface area is 157 Å². The van der Waals surface area contributed by atoms with Crippen LogP contribution in [0.15, 0.2) is 33.2 Å². The molecule has 3 rings (SSSR count).